The van der Waals surface area contributed by atoms with Crippen molar-refractivity contribution in [1.82, 2.24) is 10.2 Å². The summed E-state index contributed by atoms with van der Waals surface area (Å²) in [5, 5.41) is 14.3. The van der Waals surface area contributed by atoms with E-state index in [9.17, 15) is 9.90 Å². The minimum atomic E-state index is -0.667. The number of rotatable bonds is 8. The van der Waals surface area contributed by atoms with Gasteiger partial charge in [0, 0.05) is 38.0 Å². The van der Waals surface area contributed by atoms with E-state index in [2.05, 4.69) is 23.7 Å². The van der Waals surface area contributed by atoms with Crippen molar-refractivity contribution in [2.45, 2.75) is 39.7 Å². The highest BCUT2D eigenvalue weighted by Gasteiger charge is 2.37. The number of nitrogens with one attached hydrogen (secondary N) is 1. The Labute approximate surface area is 180 Å². The lowest BCUT2D eigenvalue weighted by Gasteiger charge is -2.36. The van der Waals surface area contributed by atoms with Crippen molar-refractivity contribution in [2.24, 2.45) is 11.8 Å². The zero-order valence-electron chi connectivity index (χ0n) is 18.6. The predicted octanol–water partition coefficient (Wildman–Crippen LogP) is 2.55. The summed E-state index contributed by atoms with van der Waals surface area (Å²) in [4.78, 5) is 15.1. The fourth-order valence-corrected chi connectivity index (χ4v) is 4.72. The van der Waals surface area contributed by atoms with Crippen LogP contribution >= 0.6 is 0 Å². The lowest BCUT2D eigenvalue weighted by molar-refractivity contribution is -0.128. The fourth-order valence-electron chi connectivity index (χ4n) is 4.72. The van der Waals surface area contributed by atoms with E-state index in [0.29, 0.717) is 13.2 Å². The van der Waals surface area contributed by atoms with Crippen LogP contribution in [0.2, 0.25) is 0 Å². The van der Waals surface area contributed by atoms with Crippen LogP contribution in [0.4, 0.5) is 0 Å². The molecule has 0 spiro atoms. The first-order chi connectivity index (χ1) is 14.4. The Hall–Kier alpha value is -1.89. The van der Waals surface area contributed by atoms with Crippen LogP contribution in [0.25, 0.3) is 0 Å². The van der Waals surface area contributed by atoms with Gasteiger partial charge in [0.2, 0.25) is 5.91 Å². The third-order valence-corrected chi connectivity index (χ3v) is 6.59. The van der Waals surface area contributed by atoms with Crippen LogP contribution in [0.3, 0.4) is 0 Å². The molecule has 2 aliphatic rings. The number of fused-ring (bicyclic) bond motifs is 1. The minimum absolute atomic E-state index is 0.0178. The molecule has 166 valence electrons. The fraction of sp³-hybridized carbons (Fsp3) is 0.625. The van der Waals surface area contributed by atoms with Crippen molar-refractivity contribution in [3.63, 3.8) is 0 Å². The van der Waals surface area contributed by atoms with E-state index in [1.165, 1.54) is 5.56 Å². The van der Waals surface area contributed by atoms with Gasteiger partial charge in [-0.3, -0.25) is 9.69 Å². The molecule has 1 aromatic rings. The molecule has 1 aliphatic heterocycles. The van der Waals surface area contributed by atoms with Gasteiger partial charge in [-0.05, 0) is 55.0 Å². The second-order valence-corrected chi connectivity index (χ2v) is 8.49. The normalized spacial score (nSPS) is 22.8. The summed E-state index contributed by atoms with van der Waals surface area (Å²) in [5.41, 5.74) is 4.24. The second kappa shape index (κ2) is 10.4. The molecule has 0 bridgehead atoms. The van der Waals surface area contributed by atoms with Gasteiger partial charge in [0.1, 0.15) is 12.4 Å². The number of aryl methyl sites for hydroxylation is 1. The molecule has 6 nitrogen and oxygen atoms in total. The molecule has 30 heavy (non-hydrogen) atoms. The Kier molecular flexibility index (Phi) is 7.92. The lowest BCUT2D eigenvalue weighted by atomic mass is 9.72. The summed E-state index contributed by atoms with van der Waals surface area (Å²) in [6.45, 7) is 14.9. The van der Waals surface area contributed by atoms with Crippen molar-refractivity contribution in [2.75, 3.05) is 46.0 Å². The Morgan fingerprint density at radius 2 is 2.17 bits per heavy atom. The molecular weight excluding hydrogens is 380 g/mol. The zero-order valence-corrected chi connectivity index (χ0v) is 18.6. The van der Waals surface area contributed by atoms with E-state index >= 15 is 0 Å². The predicted molar refractivity (Wildman–Crippen MR) is 118 cm³/mol. The molecule has 1 fully saturated rings. The standard InChI is InChI=1S/C24H36N2O4/c1-5-12-30-21-15-16(2)19-6-7-20(23(27)22(19)18(21)4)17(3)24(28)25-8-9-26-10-13-29-14-11-26/h5,15,17,20,23,27H,1,6-14H2,2-4H3,(H,25,28)/t17-,20+,23+/m0/s1. The van der Waals surface area contributed by atoms with Gasteiger partial charge in [0.25, 0.3) is 0 Å². The first-order valence-corrected chi connectivity index (χ1v) is 11.1. The average Bonchev–Trinajstić information content (AvgIpc) is 2.75. The van der Waals surface area contributed by atoms with Gasteiger partial charge >= 0.3 is 0 Å². The summed E-state index contributed by atoms with van der Waals surface area (Å²) in [5.74, 6) is 0.446. The van der Waals surface area contributed by atoms with E-state index < -0.39 is 6.10 Å². The molecule has 0 saturated carbocycles. The van der Waals surface area contributed by atoms with Crippen LogP contribution in [0.15, 0.2) is 18.7 Å². The molecule has 2 N–H and O–H groups in total. The first kappa shape index (κ1) is 22.8. The number of hydrogen-bond acceptors (Lipinski definition) is 5. The topological polar surface area (TPSA) is 71.0 Å². The van der Waals surface area contributed by atoms with E-state index in [4.69, 9.17) is 9.47 Å². The largest absolute Gasteiger partial charge is 0.489 e. The summed E-state index contributed by atoms with van der Waals surface area (Å²) >= 11 is 0. The minimum Gasteiger partial charge on any atom is -0.489 e. The molecule has 1 aliphatic carbocycles. The Balaban J connectivity index is 1.65. The second-order valence-electron chi connectivity index (χ2n) is 8.49. The van der Waals surface area contributed by atoms with Crippen LogP contribution in [0.5, 0.6) is 5.75 Å². The van der Waals surface area contributed by atoms with Crippen molar-refractivity contribution in [3.8, 4) is 5.75 Å². The third kappa shape index (κ3) is 5.05. The van der Waals surface area contributed by atoms with Gasteiger partial charge in [0.05, 0.1) is 19.3 Å². The number of aliphatic hydroxyl groups is 1. The van der Waals surface area contributed by atoms with E-state index in [1.807, 2.05) is 19.9 Å². The molecule has 0 aromatic heterocycles. The van der Waals surface area contributed by atoms with E-state index in [-0.39, 0.29) is 17.7 Å². The van der Waals surface area contributed by atoms with Gasteiger partial charge in [-0.2, -0.15) is 0 Å². The van der Waals surface area contributed by atoms with Crippen LogP contribution in [0.1, 0.15) is 41.7 Å². The first-order valence-electron chi connectivity index (χ1n) is 11.1. The SMILES string of the molecule is C=CCOc1cc(C)c2c(c1C)[C@H](O)[C@@H]([C@H](C)C(=O)NCCN1CCOCC1)CC2. The number of ether oxygens (including phenoxy) is 2. The molecular formula is C24H36N2O4. The zero-order chi connectivity index (χ0) is 21.7. The van der Waals surface area contributed by atoms with E-state index in [0.717, 1.165) is 68.1 Å². The van der Waals surface area contributed by atoms with Gasteiger partial charge in [-0.15, -0.1) is 0 Å². The van der Waals surface area contributed by atoms with Crippen molar-refractivity contribution in [3.05, 3.63) is 41.0 Å². The van der Waals surface area contributed by atoms with E-state index in [1.54, 1.807) is 6.08 Å². The number of carbonyl (C=O) groups excluding carboxylic acids is 1. The van der Waals surface area contributed by atoms with Crippen LogP contribution in [-0.2, 0) is 16.0 Å². The molecule has 0 radical (unpaired) electrons. The Morgan fingerprint density at radius 3 is 2.87 bits per heavy atom. The van der Waals surface area contributed by atoms with Gasteiger partial charge in [-0.1, -0.05) is 19.6 Å². The highest BCUT2D eigenvalue weighted by atomic mass is 16.5. The average molecular weight is 417 g/mol. The number of aliphatic hydroxyl groups excluding tert-OH is 1. The number of morpholine rings is 1. The van der Waals surface area contributed by atoms with Crippen molar-refractivity contribution >= 4 is 5.91 Å². The van der Waals surface area contributed by atoms with Crippen molar-refractivity contribution < 1.29 is 19.4 Å². The number of hydrogen-bond donors (Lipinski definition) is 2. The summed E-state index contributed by atoms with van der Waals surface area (Å²) in [7, 11) is 0. The third-order valence-electron chi connectivity index (χ3n) is 6.59. The number of benzene rings is 1. The van der Waals surface area contributed by atoms with Gasteiger partial charge in [0.15, 0.2) is 0 Å². The maximum absolute atomic E-state index is 12.8. The van der Waals surface area contributed by atoms with Crippen molar-refractivity contribution in [1.29, 1.82) is 0 Å². The van der Waals surface area contributed by atoms with Gasteiger partial charge < -0.3 is 19.9 Å². The maximum atomic E-state index is 12.8. The molecule has 1 heterocycles. The Morgan fingerprint density at radius 1 is 1.43 bits per heavy atom. The van der Waals surface area contributed by atoms with Crippen LogP contribution < -0.4 is 10.1 Å². The number of carbonyl (C=O) groups is 1. The van der Waals surface area contributed by atoms with Crippen LogP contribution in [-0.4, -0.2) is 61.9 Å². The lowest BCUT2D eigenvalue weighted by Crippen LogP contribution is -2.43. The molecule has 1 aromatic carbocycles. The molecule has 3 rings (SSSR count). The monoisotopic (exact) mass is 416 g/mol. The smallest absolute Gasteiger partial charge is 0.223 e. The maximum Gasteiger partial charge on any atom is 0.223 e. The molecule has 6 heteroatoms. The molecule has 1 saturated heterocycles. The molecule has 1 amide bonds. The summed E-state index contributed by atoms with van der Waals surface area (Å²) in [6.07, 6.45) is 2.73. The van der Waals surface area contributed by atoms with Crippen LogP contribution in [0, 0.1) is 25.7 Å². The summed E-state index contributed by atoms with van der Waals surface area (Å²) < 4.78 is 11.2. The highest BCUT2D eigenvalue weighted by Crippen LogP contribution is 2.43. The molecule has 3 atom stereocenters. The molecule has 0 unspecified atom stereocenters. The number of amides is 1. The number of nitrogens with zero attached hydrogens (tertiary/aromatic N) is 1. The van der Waals surface area contributed by atoms with Gasteiger partial charge in [-0.25, -0.2) is 0 Å². The highest BCUT2D eigenvalue weighted by molar-refractivity contribution is 5.78. The quantitative estimate of drug-likeness (QED) is 0.638. The summed E-state index contributed by atoms with van der Waals surface area (Å²) in [6, 6.07) is 2.05. The Bertz CT molecular complexity index is 758.